The molecule has 9 heteroatoms. The minimum Gasteiger partial charge on any atom is -0.390 e. The molecule has 8 nitrogen and oxygen atoms in total. The zero-order valence-corrected chi connectivity index (χ0v) is 22.4. The van der Waals surface area contributed by atoms with Crippen LogP contribution < -0.4 is 0 Å². The van der Waals surface area contributed by atoms with Crippen LogP contribution >= 0.6 is 12.4 Å². The lowest BCUT2D eigenvalue weighted by Gasteiger charge is -2.70. The van der Waals surface area contributed by atoms with Gasteiger partial charge in [0.1, 0.15) is 18.0 Å². The molecule has 2 aliphatic heterocycles. The smallest absolute Gasteiger partial charge is 0.148 e. The van der Waals surface area contributed by atoms with Gasteiger partial charge in [-0.1, -0.05) is 6.92 Å². The molecule has 7 fully saturated rings. The van der Waals surface area contributed by atoms with Crippen molar-refractivity contribution in [2.75, 3.05) is 54.9 Å². The largest absolute Gasteiger partial charge is 0.390 e. The highest BCUT2D eigenvalue weighted by atomic mass is 35.5. The van der Waals surface area contributed by atoms with Crippen LogP contribution in [0.1, 0.15) is 32.6 Å². The molecule has 1 N–H and O–H groups in total. The van der Waals surface area contributed by atoms with Crippen molar-refractivity contribution < 1.29 is 33.5 Å². The molecule has 0 radical (unpaired) electrons. The molecule has 2 saturated heterocycles. The molecule has 0 aromatic heterocycles. The van der Waals surface area contributed by atoms with E-state index in [9.17, 15) is 5.11 Å². The fraction of sp³-hybridized carbons (Fsp3) is 1.00. The summed E-state index contributed by atoms with van der Waals surface area (Å²) in [7, 11) is 7.32. The Morgan fingerprint density at radius 1 is 1.09 bits per heavy atom. The third kappa shape index (κ3) is 2.37. The number of likely N-dealkylation sites (tertiary alicyclic amines) is 1. The zero-order valence-electron chi connectivity index (χ0n) is 21.6. The SMILES string of the molecule is CCN1C[C@]2(COC)CC[C@H](OC)C34[C@@H]5C[C@H]6[C@H](OC)[C@@H]5[C@@]5(C[C@@H]6OC)OCO[C@@]5([C@@H](O)[C@@H]32)[C@@H]14.Cl. The molecule has 35 heavy (non-hydrogen) atoms. The van der Waals surface area contributed by atoms with E-state index in [2.05, 4.69) is 11.8 Å². The van der Waals surface area contributed by atoms with Crippen molar-refractivity contribution in [1.29, 1.82) is 0 Å². The lowest BCUT2D eigenvalue weighted by atomic mass is 9.42. The summed E-state index contributed by atoms with van der Waals surface area (Å²) < 4.78 is 38.3. The van der Waals surface area contributed by atoms with Gasteiger partial charge in [0.05, 0.1) is 37.1 Å². The molecule has 2 heterocycles. The van der Waals surface area contributed by atoms with E-state index in [0.717, 1.165) is 38.8 Å². The van der Waals surface area contributed by atoms with E-state index in [1.54, 1.807) is 7.11 Å². The normalized spacial score (nSPS) is 59.3. The lowest BCUT2D eigenvalue weighted by Crippen LogP contribution is -2.81. The van der Waals surface area contributed by atoms with E-state index >= 15 is 0 Å². The standard InChI is InChI=1S/C26H41NO7.ClH/c1-6-27-11-23(12-29-2)8-7-17(31-4)25-15-9-14-16(30-3)10-24(18(15)19(14)32-5)26(22(25)27,34-13-33-24)21(28)20(23)25;/h14-22,28H,6-13H2,1-5H3;1H/t14-,15-,16+,17+,18-,19+,20-,21+,22+,23+,24-,25?,26+;/m1./s1. The van der Waals surface area contributed by atoms with Crippen molar-refractivity contribution in [2.45, 2.75) is 74.3 Å². The Labute approximate surface area is 214 Å². The fourth-order valence-electron chi connectivity index (χ4n) is 11.7. The Balaban J connectivity index is 0.00000229. The van der Waals surface area contributed by atoms with E-state index in [1.807, 2.05) is 21.3 Å². The van der Waals surface area contributed by atoms with E-state index in [0.29, 0.717) is 18.4 Å². The second-order valence-corrected chi connectivity index (χ2v) is 12.2. The maximum atomic E-state index is 12.6. The topological polar surface area (TPSA) is 78.9 Å². The van der Waals surface area contributed by atoms with Gasteiger partial charge in [0, 0.05) is 70.0 Å². The molecule has 5 saturated carbocycles. The maximum Gasteiger partial charge on any atom is 0.148 e. The molecule has 5 aliphatic carbocycles. The van der Waals surface area contributed by atoms with Gasteiger partial charge in [-0.05, 0) is 31.7 Å². The Morgan fingerprint density at radius 3 is 2.54 bits per heavy atom. The number of aliphatic hydroxyl groups is 1. The average Bonchev–Trinajstić information content (AvgIpc) is 3.42. The fourth-order valence-corrected chi connectivity index (χ4v) is 11.7. The molecule has 1 unspecified atom stereocenters. The Morgan fingerprint density at radius 2 is 1.89 bits per heavy atom. The summed E-state index contributed by atoms with van der Waals surface area (Å²) in [5, 5.41) is 12.6. The Bertz CT molecular complexity index is 866. The highest BCUT2D eigenvalue weighted by molar-refractivity contribution is 5.85. The summed E-state index contributed by atoms with van der Waals surface area (Å²) in [6, 6.07) is 0.0378. The van der Waals surface area contributed by atoms with Gasteiger partial charge in [0.25, 0.3) is 0 Å². The van der Waals surface area contributed by atoms with Gasteiger partial charge in [-0.2, -0.15) is 0 Å². The van der Waals surface area contributed by atoms with Crippen LogP contribution in [0.15, 0.2) is 0 Å². The Kier molecular flexibility index (Phi) is 5.77. The van der Waals surface area contributed by atoms with E-state index in [4.69, 9.17) is 28.4 Å². The van der Waals surface area contributed by atoms with E-state index in [1.165, 1.54) is 0 Å². The second kappa shape index (κ2) is 7.99. The van der Waals surface area contributed by atoms with E-state index < -0.39 is 17.3 Å². The predicted molar refractivity (Wildman–Crippen MR) is 128 cm³/mol. The van der Waals surface area contributed by atoms with Crippen molar-refractivity contribution in [3.05, 3.63) is 0 Å². The van der Waals surface area contributed by atoms with Crippen LogP contribution in [-0.4, -0.2) is 107 Å². The minimum absolute atomic E-state index is 0. The van der Waals surface area contributed by atoms with Gasteiger partial charge in [0.15, 0.2) is 0 Å². The number of ether oxygens (including phenoxy) is 6. The quantitative estimate of drug-likeness (QED) is 0.573. The third-order valence-corrected chi connectivity index (χ3v) is 12.0. The van der Waals surface area contributed by atoms with Crippen LogP contribution in [0.5, 0.6) is 0 Å². The highest BCUT2D eigenvalue weighted by Crippen LogP contribution is 2.82. The minimum atomic E-state index is -0.825. The van der Waals surface area contributed by atoms with E-state index in [-0.39, 0.29) is 66.2 Å². The summed E-state index contributed by atoms with van der Waals surface area (Å²) in [5.74, 6) is 0.813. The number of fused-ring (bicyclic) bond motifs is 1. The summed E-state index contributed by atoms with van der Waals surface area (Å²) in [4.78, 5) is 2.61. The molecule has 7 aliphatic rings. The van der Waals surface area contributed by atoms with Gasteiger partial charge in [-0.15, -0.1) is 12.4 Å². The summed E-state index contributed by atoms with van der Waals surface area (Å²) in [6.45, 7) is 4.93. The van der Waals surface area contributed by atoms with Gasteiger partial charge >= 0.3 is 0 Å². The van der Waals surface area contributed by atoms with Crippen molar-refractivity contribution in [1.82, 2.24) is 4.90 Å². The van der Waals surface area contributed by atoms with Crippen LogP contribution in [0.2, 0.25) is 0 Å². The molecule has 0 amide bonds. The molecule has 0 aromatic rings. The number of piperidine rings is 1. The monoisotopic (exact) mass is 515 g/mol. The first kappa shape index (κ1) is 25.3. The summed E-state index contributed by atoms with van der Waals surface area (Å²) in [5.41, 5.74) is -1.83. The number of halogens is 1. The number of likely N-dealkylation sites (N-methyl/N-ethyl adjacent to an activating group) is 1. The molecule has 13 atom stereocenters. The molecular weight excluding hydrogens is 474 g/mol. The first-order valence-corrected chi connectivity index (χ1v) is 13.2. The summed E-state index contributed by atoms with van der Waals surface area (Å²) >= 11 is 0. The first-order chi connectivity index (χ1) is 16.5. The van der Waals surface area contributed by atoms with Crippen molar-refractivity contribution >= 4 is 12.4 Å². The number of hydrogen-bond donors (Lipinski definition) is 1. The second-order valence-electron chi connectivity index (χ2n) is 12.2. The maximum absolute atomic E-state index is 12.6. The van der Waals surface area contributed by atoms with Crippen LogP contribution in [0.4, 0.5) is 0 Å². The van der Waals surface area contributed by atoms with Crippen LogP contribution in [0.25, 0.3) is 0 Å². The molecule has 0 aromatic carbocycles. The highest BCUT2D eigenvalue weighted by Gasteiger charge is 2.93. The number of rotatable bonds is 6. The Hall–Kier alpha value is -0.0300. The average molecular weight is 516 g/mol. The molecule has 200 valence electrons. The van der Waals surface area contributed by atoms with Crippen molar-refractivity contribution in [2.24, 2.45) is 34.5 Å². The number of aliphatic hydroxyl groups excluding tert-OH is 1. The number of nitrogens with zero attached hydrogens (tertiary/aromatic N) is 1. The van der Waals surface area contributed by atoms with Crippen LogP contribution in [0.3, 0.4) is 0 Å². The lowest BCUT2D eigenvalue weighted by molar-refractivity contribution is -0.287. The summed E-state index contributed by atoms with van der Waals surface area (Å²) in [6.07, 6.45) is 3.20. The van der Waals surface area contributed by atoms with Gasteiger partial charge < -0.3 is 33.5 Å². The van der Waals surface area contributed by atoms with Gasteiger partial charge in [-0.25, -0.2) is 0 Å². The zero-order chi connectivity index (χ0) is 23.7. The first-order valence-electron chi connectivity index (χ1n) is 13.2. The molecule has 7 rings (SSSR count). The van der Waals surface area contributed by atoms with Crippen molar-refractivity contribution in [3.8, 4) is 0 Å². The molecule has 7 bridgehead atoms. The number of methoxy groups -OCH3 is 4. The van der Waals surface area contributed by atoms with Gasteiger partial charge in [-0.3, -0.25) is 4.90 Å². The van der Waals surface area contributed by atoms with Gasteiger partial charge in [0.2, 0.25) is 0 Å². The third-order valence-electron chi connectivity index (χ3n) is 12.0. The molecular formula is C26H42ClNO7. The van der Waals surface area contributed by atoms with Crippen molar-refractivity contribution in [3.63, 3.8) is 0 Å². The predicted octanol–water partition coefficient (Wildman–Crippen LogP) is 1.71. The number of hydrogen-bond acceptors (Lipinski definition) is 8. The van der Waals surface area contributed by atoms with Crippen LogP contribution in [-0.2, 0) is 28.4 Å². The van der Waals surface area contributed by atoms with Crippen LogP contribution in [0, 0.1) is 34.5 Å². The molecule has 3 spiro atoms.